The first-order chi connectivity index (χ1) is 13.8. The van der Waals surface area contributed by atoms with Crippen LogP contribution in [-0.4, -0.2) is 49.2 Å². The highest BCUT2D eigenvalue weighted by Gasteiger charge is 2.26. The molecular formula is C19H18N8O. The molecule has 0 atom stereocenters. The number of carbonyl (C=O) groups excluding carboxylic acids is 1. The Morgan fingerprint density at radius 2 is 1.96 bits per heavy atom. The van der Waals surface area contributed by atoms with Crippen LogP contribution < -0.4 is 10.2 Å². The number of anilines is 2. The number of carbonyl (C=O) groups is 1. The molecule has 4 aromatic rings. The van der Waals surface area contributed by atoms with Crippen molar-refractivity contribution < 1.29 is 4.79 Å². The number of nitrogens with zero attached hydrogens (tertiary/aromatic N) is 7. The molecule has 0 aliphatic carbocycles. The molecule has 4 heterocycles. The Balaban J connectivity index is 1.23. The lowest BCUT2D eigenvalue weighted by Crippen LogP contribution is -2.38. The summed E-state index contributed by atoms with van der Waals surface area (Å²) in [4.78, 5) is 19.2. The van der Waals surface area contributed by atoms with Crippen LogP contribution in [0.3, 0.4) is 0 Å². The largest absolute Gasteiger partial charge is 0.355 e. The minimum absolute atomic E-state index is 0.0283. The van der Waals surface area contributed by atoms with Gasteiger partial charge in [0.15, 0.2) is 11.5 Å². The van der Waals surface area contributed by atoms with Crippen molar-refractivity contribution in [3.05, 3.63) is 48.7 Å². The standard InChI is InChI=1S/C19H18N8O/c28-19(21-15-11-14-3-1-2-4-16(14)20-12-15)13-7-9-26(10-8-13)18-6-5-17-22-24-25-27(17)23-18/h1-6,11-13H,7-10H2,(H,21,28). The first kappa shape index (κ1) is 16.5. The number of tetrazole rings is 1. The number of hydrogen-bond acceptors (Lipinski definition) is 7. The van der Waals surface area contributed by atoms with E-state index in [4.69, 9.17) is 0 Å². The van der Waals surface area contributed by atoms with Crippen molar-refractivity contribution in [3.63, 3.8) is 0 Å². The van der Waals surface area contributed by atoms with Crippen LogP contribution in [-0.2, 0) is 4.79 Å². The average Bonchev–Trinajstić information content (AvgIpc) is 3.21. The first-order valence-corrected chi connectivity index (χ1v) is 9.22. The van der Waals surface area contributed by atoms with Gasteiger partial charge < -0.3 is 10.2 Å². The number of aromatic nitrogens is 6. The Labute approximate surface area is 160 Å². The Morgan fingerprint density at radius 3 is 2.86 bits per heavy atom. The number of benzene rings is 1. The van der Waals surface area contributed by atoms with Crippen molar-refractivity contribution in [2.45, 2.75) is 12.8 Å². The number of fused-ring (bicyclic) bond motifs is 2. The van der Waals surface area contributed by atoms with Gasteiger partial charge in [0.2, 0.25) is 5.91 Å². The van der Waals surface area contributed by atoms with Gasteiger partial charge in [0.25, 0.3) is 0 Å². The van der Waals surface area contributed by atoms with Crippen LogP contribution in [0.25, 0.3) is 16.6 Å². The van der Waals surface area contributed by atoms with Gasteiger partial charge in [0.05, 0.1) is 17.4 Å². The van der Waals surface area contributed by atoms with Crippen molar-refractivity contribution in [2.75, 3.05) is 23.3 Å². The number of hydrogen-bond donors (Lipinski definition) is 1. The number of piperidine rings is 1. The molecule has 1 aliphatic rings. The second-order valence-electron chi connectivity index (χ2n) is 6.89. The van der Waals surface area contributed by atoms with E-state index in [1.54, 1.807) is 6.20 Å². The fourth-order valence-corrected chi connectivity index (χ4v) is 3.56. The SMILES string of the molecule is O=C(Nc1cnc2ccccc2c1)C1CCN(c2ccc3nnnn3n2)CC1. The van der Waals surface area contributed by atoms with Crippen LogP contribution >= 0.6 is 0 Å². The van der Waals surface area contributed by atoms with Gasteiger partial charge in [-0.25, -0.2) is 0 Å². The molecule has 28 heavy (non-hydrogen) atoms. The molecule has 1 saturated heterocycles. The topological polar surface area (TPSA) is 101 Å². The minimum Gasteiger partial charge on any atom is -0.355 e. The van der Waals surface area contributed by atoms with E-state index in [0.29, 0.717) is 5.65 Å². The fraction of sp³-hybridized carbons (Fsp3) is 0.263. The summed E-state index contributed by atoms with van der Waals surface area (Å²) in [6.07, 6.45) is 3.24. The van der Waals surface area contributed by atoms with E-state index in [-0.39, 0.29) is 11.8 Å². The molecule has 9 heteroatoms. The minimum atomic E-state index is -0.0283. The molecule has 1 aliphatic heterocycles. The van der Waals surface area contributed by atoms with Gasteiger partial charge in [-0.3, -0.25) is 9.78 Å². The summed E-state index contributed by atoms with van der Waals surface area (Å²) in [6.45, 7) is 1.52. The molecule has 9 nitrogen and oxygen atoms in total. The molecule has 1 aromatic carbocycles. The molecule has 3 aromatic heterocycles. The second kappa shape index (κ2) is 6.84. The van der Waals surface area contributed by atoms with Gasteiger partial charge in [-0.2, -0.15) is 0 Å². The maximum absolute atomic E-state index is 12.7. The average molecular weight is 374 g/mol. The summed E-state index contributed by atoms with van der Waals surface area (Å²) in [6, 6.07) is 13.6. The van der Waals surface area contributed by atoms with E-state index < -0.39 is 0 Å². The van der Waals surface area contributed by atoms with E-state index in [1.807, 2.05) is 42.5 Å². The molecule has 0 saturated carbocycles. The van der Waals surface area contributed by atoms with Gasteiger partial charge in [-0.05, 0) is 47.5 Å². The third-order valence-corrected chi connectivity index (χ3v) is 5.10. The fourth-order valence-electron chi connectivity index (χ4n) is 3.56. The van der Waals surface area contributed by atoms with Gasteiger partial charge in [0.1, 0.15) is 0 Å². The summed E-state index contributed by atoms with van der Waals surface area (Å²) in [5.74, 6) is 0.831. The molecule has 0 bridgehead atoms. The van der Waals surface area contributed by atoms with Crippen LogP contribution in [0.1, 0.15) is 12.8 Å². The highest BCUT2D eigenvalue weighted by molar-refractivity contribution is 5.94. The lowest BCUT2D eigenvalue weighted by atomic mass is 9.96. The molecule has 1 fully saturated rings. The van der Waals surface area contributed by atoms with Gasteiger partial charge in [-0.15, -0.1) is 14.8 Å². The van der Waals surface area contributed by atoms with E-state index in [9.17, 15) is 4.79 Å². The zero-order valence-corrected chi connectivity index (χ0v) is 15.1. The highest BCUT2D eigenvalue weighted by Crippen LogP contribution is 2.24. The molecule has 5 rings (SSSR count). The smallest absolute Gasteiger partial charge is 0.227 e. The quantitative estimate of drug-likeness (QED) is 0.584. The van der Waals surface area contributed by atoms with E-state index >= 15 is 0 Å². The molecular weight excluding hydrogens is 356 g/mol. The Kier molecular flexibility index (Phi) is 4.04. The van der Waals surface area contributed by atoms with Crippen LogP contribution in [0.4, 0.5) is 11.5 Å². The summed E-state index contributed by atoms with van der Waals surface area (Å²) >= 11 is 0. The number of rotatable bonds is 3. The maximum Gasteiger partial charge on any atom is 0.227 e. The zero-order chi connectivity index (χ0) is 18.9. The monoisotopic (exact) mass is 374 g/mol. The summed E-state index contributed by atoms with van der Waals surface area (Å²) in [5, 5.41) is 19.7. The number of amides is 1. The third-order valence-electron chi connectivity index (χ3n) is 5.10. The lowest BCUT2D eigenvalue weighted by Gasteiger charge is -2.31. The van der Waals surface area contributed by atoms with Crippen LogP contribution in [0, 0.1) is 5.92 Å². The third kappa shape index (κ3) is 3.11. The predicted octanol–water partition coefficient (Wildman–Crippen LogP) is 1.92. The molecule has 0 spiro atoms. The molecule has 140 valence electrons. The first-order valence-electron chi connectivity index (χ1n) is 9.22. The van der Waals surface area contributed by atoms with Crippen LogP contribution in [0.5, 0.6) is 0 Å². The number of pyridine rings is 1. The summed E-state index contributed by atoms with van der Waals surface area (Å²) in [5.41, 5.74) is 2.26. The van der Waals surface area contributed by atoms with Gasteiger partial charge >= 0.3 is 0 Å². The van der Waals surface area contributed by atoms with Crippen molar-refractivity contribution in [1.82, 2.24) is 30.2 Å². The normalized spacial score (nSPS) is 15.2. The Morgan fingerprint density at radius 1 is 1.11 bits per heavy atom. The number of para-hydroxylation sites is 1. The van der Waals surface area contributed by atoms with E-state index in [2.05, 4.69) is 35.8 Å². The molecule has 1 N–H and O–H groups in total. The van der Waals surface area contributed by atoms with Crippen LogP contribution in [0.2, 0.25) is 0 Å². The van der Waals surface area contributed by atoms with Crippen molar-refractivity contribution in [1.29, 1.82) is 0 Å². The maximum atomic E-state index is 12.7. The lowest BCUT2D eigenvalue weighted by molar-refractivity contribution is -0.120. The van der Waals surface area contributed by atoms with Gasteiger partial charge in [-0.1, -0.05) is 18.2 Å². The number of nitrogens with one attached hydrogen (secondary N) is 1. The predicted molar refractivity (Wildman–Crippen MR) is 104 cm³/mol. The molecule has 0 radical (unpaired) electrons. The van der Waals surface area contributed by atoms with Crippen LogP contribution in [0.15, 0.2) is 48.7 Å². The van der Waals surface area contributed by atoms with E-state index in [1.165, 1.54) is 4.63 Å². The van der Waals surface area contributed by atoms with Crippen molar-refractivity contribution >= 4 is 34.0 Å². The molecule has 0 unspecified atom stereocenters. The summed E-state index contributed by atoms with van der Waals surface area (Å²) < 4.78 is 1.42. The highest BCUT2D eigenvalue weighted by atomic mass is 16.1. The Hall–Kier alpha value is -3.62. The zero-order valence-electron chi connectivity index (χ0n) is 15.1. The second-order valence-corrected chi connectivity index (χ2v) is 6.89. The van der Waals surface area contributed by atoms with E-state index in [0.717, 1.165) is 48.3 Å². The Bertz CT molecular complexity index is 1150. The summed E-state index contributed by atoms with van der Waals surface area (Å²) in [7, 11) is 0. The van der Waals surface area contributed by atoms with Gasteiger partial charge in [0, 0.05) is 24.4 Å². The van der Waals surface area contributed by atoms with Crippen molar-refractivity contribution in [2.24, 2.45) is 5.92 Å². The van der Waals surface area contributed by atoms with Crippen molar-refractivity contribution in [3.8, 4) is 0 Å². The molecule has 1 amide bonds.